The number of alkyl halides is 2. The topological polar surface area (TPSA) is 35.5 Å². The summed E-state index contributed by atoms with van der Waals surface area (Å²) in [4.78, 5) is 12.4. The van der Waals surface area contributed by atoms with Gasteiger partial charge in [-0.25, -0.2) is 18.0 Å². The molecule has 1 saturated heterocycles. The van der Waals surface area contributed by atoms with Crippen molar-refractivity contribution in [2.24, 2.45) is 11.8 Å². The standard InChI is InChI=1S/C23H31F3O3/c1-3-4-15-6-12-19(28-13-15)16-7-9-17(10-8-16)29-23(27)18-11-5-14(2)21(24)20(18)22(25)26/h5,11,15-17,19,22H,3-4,6-10,12-13H2,1-2H3. The number of carbonyl (C=O) groups excluding carboxylic acids is 1. The molecule has 0 aromatic heterocycles. The third-order valence-electron chi connectivity index (χ3n) is 6.43. The minimum atomic E-state index is -3.06. The molecule has 3 rings (SSSR count). The van der Waals surface area contributed by atoms with Crippen LogP contribution in [0.4, 0.5) is 13.2 Å². The molecule has 1 aliphatic heterocycles. The van der Waals surface area contributed by atoms with Crippen molar-refractivity contribution in [3.8, 4) is 0 Å². The maximum Gasteiger partial charge on any atom is 0.339 e. The summed E-state index contributed by atoms with van der Waals surface area (Å²) in [6.07, 6.45) is 4.76. The van der Waals surface area contributed by atoms with Crippen LogP contribution >= 0.6 is 0 Å². The molecule has 6 heteroatoms. The molecule has 0 N–H and O–H groups in total. The molecule has 0 bridgehead atoms. The van der Waals surface area contributed by atoms with Crippen molar-refractivity contribution in [1.29, 1.82) is 0 Å². The van der Waals surface area contributed by atoms with E-state index in [-0.39, 0.29) is 23.3 Å². The molecule has 1 heterocycles. The lowest BCUT2D eigenvalue weighted by molar-refractivity contribution is -0.0660. The van der Waals surface area contributed by atoms with E-state index >= 15 is 0 Å². The Kier molecular flexibility index (Phi) is 7.60. The number of hydrogen-bond acceptors (Lipinski definition) is 3. The fraction of sp³-hybridized carbons (Fsp3) is 0.696. The van der Waals surface area contributed by atoms with Crippen LogP contribution in [0.3, 0.4) is 0 Å². The third-order valence-corrected chi connectivity index (χ3v) is 6.43. The van der Waals surface area contributed by atoms with Crippen LogP contribution in [-0.4, -0.2) is 24.8 Å². The van der Waals surface area contributed by atoms with E-state index in [1.54, 1.807) is 0 Å². The SMILES string of the molecule is CCCC1CCC(C2CCC(OC(=O)c3ccc(C)c(F)c3C(F)F)CC2)OC1. The molecule has 29 heavy (non-hydrogen) atoms. The average Bonchev–Trinajstić information content (AvgIpc) is 2.71. The molecule has 1 aromatic carbocycles. The summed E-state index contributed by atoms with van der Waals surface area (Å²) < 4.78 is 52.2. The summed E-state index contributed by atoms with van der Waals surface area (Å²) in [5.74, 6) is -0.763. The summed E-state index contributed by atoms with van der Waals surface area (Å²) in [6, 6.07) is 2.57. The van der Waals surface area contributed by atoms with Gasteiger partial charge in [0, 0.05) is 6.61 Å². The molecule has 2 unspecified atom stereocenters. The Morgan fingerprint density at radius 3 is 2.48 bits per heavy atom. The monoisotopic (exact) mass is 412 g/mol. The number of benzene rings is 1. The van der Waals surface area contributed by atoms with E-state index in [1.165, 1.54) is 38.3 Å². The van der Waals surface area contributed by atoms with Gasteiger partial charge < -0.3 is 9.47 Å². The van der Waals surface area contributed by atoms with Crippen molar-refractivity contribution in [3.05, 3.63) is 34.6 Å². The summed E-state index contributed by atoms with van der Waals surface area (Å²) in [5, 5.41) is 0. The van der Waals surface area contributed by atoms with Gasteiger partial charge in [0.2, 0.25) is 0 Å². The summed E-state index contributed by atoms with van der Waals surface area (Å²) in [6.45, 7) is 4.43. The molecule has 2 fully saturated rings. The van der Waals surface area contributed by atoms with Gasteiger partial charge in [-0.3, -0.25) is 0 Å². The molecule has 0 amide bonds. The predicted molar refractivity (Wildman–Crippen MR) is 105 cm³/mol. The number of ether oxygens (including phenoxy) is 2. The Morgan fingerprint density at radius 1 is 1.17 bits per heavy atom. The first-order chi connectivity index (χ1) is 13.9. The predicted octanol–water partition coefficient (Wildman–Crippen LogP) is 6.38. The van der Waals surface area contributed by atoms with Gasteiger partial charge in [0.05, 0.1) is 17.2 Å². The maximum atomic E-state index is 14.1. The molecule has 1 saturated carbocycles. The van der Waals surface area contributed by atoms with Crippen LogP contribution < -0.4 is 0 Å². The molecular weight excluding hydrogens is 381 g/mol. The number of halogens is 3. The van der Waals surface area contributed by atoms with Crippen molar-refractivity contribution in [2.45, 2.75) is 83.8 Å². The highest BCUT2D eigenvalue weighted by Gasteiger charge is 2.33. The van der Waals surface area contributed by atoms with Gasteiger partial charge in [-0.2, -0.15) is 0 Å². The fourth-order valence-corrected chi connectivity index (χ4v) is 4.72. The van der Waals surface area contributed by atoms with E-state index in [2.05, 4.69) is 6.92 Å². The number of aryl methyl sites for hydroxylation is 1. The average molecular weight is 412 g/mol. The Morgan fingerprint density at radius 2 is 1.90 bits per heavy atom. The lowest BCUT2D eigenvalue weighted by Crippen LogP contribution is -2.36. The van der Waals surface area contributed by atoms with Gasteiger partial charge in [-0.15, -0.1) is 0 Å². The zero-order valence-electron chi connectivity index (χ0n) is 17.3. The summed E-state index contributed by atoms with van der Waals surface area (Å²) >= 11 is 0. The molecule has 2 atom stereocenters. The number of carbonyl (C=O) groups is 1. The second-order valence-corrected chi connectivity index (χ2v) is 8.50. The van der Waals surface area contributed by atoms with Crippen LogP contribution in [0.2, 0.25) is 0 Å². The van der Waals surface area contributed by atoms with E-state index < -0.39 is 23.8 Å². The quantitative estimate of drug-likeness (QED) is 0.509. The maximum absolute atomic E-state index is 14.1. The highest BCUT2D eigenvalue weighted by molar-refractivity contribution is 5.91. The van der Waals surface area contributed by atoms with Crippen LogP contribution in [0, 0.1) is 24.6 Å². The fourth-order valence-electron chi connectivity index (χ4n) is 4.72. The Hall–Kier alpha value is -1.56. The number of esters is 1. The zero-order chi connectivity index (χ0) is 21.0. The molecule has 1 aliphatic carbocycles. The molecular formula is C23H31F3O3. The van der Waals surface area contributed by atoms with Crippen molar-refractivity contribution >= 4 is 5.97 Å². The van der Waals surface area contributed by atoms with Gasteiger partial charge in [-0.05, 0) is 75.3 Å². The molecule has 0 spiro atoms. The largest absolute Gasteiger partial charge is 0.459 e. The zero-order valence-corrected chi connectivity index (χ0v) is 17.3. The van der Waals surface area contributed by atoms with Crippen LogP contribution in [0.1, 0.15) is 86.2 Å². The van der Waals surface area contributed by atoms with Crippen LogP contribution in [0.15, 0.2) is 12.1 Å². The lowest BCUT2D eigenvalue weighted by Gasteiger charge is -2.37. The van der Waals surface area contributed by atoms with Crippen molar-refractivity contribution in [3.63, 3.8) is 0 Å². The second kappa shape index (κ2) is 9.96. The molecule has 3 nitrogen and oxygen atoms in total. The van der Waals surface area contributed by atoms with Crippen LogP contribution in [0.5, 0.6) is 0 Å². The van der Waals surface area contributed by atoms with Crippen molar-refractivity contribution in [2.75, 3.05) is 6.61 Å². The van der Waals surface area contributed by atoms with E-state index in [0.717, 1.165) is 25.9 Å². The summed E-state index contributed by atoms with van der Waals surface area (Å²) in [7, 11) is 0. The second-order valence-electron chi connectivity index (χ2n) is 8.50. The minimum absolute atomic E-state index is 0.0889. The molecule has 1 aromatic rings. The van der Waals surface area contributed by atoms with Crippen LogP contribution in [0.25, 0.3) is 0 Å². The Labute approximate surface area is 171 Å². The Bertz CT molecular complexity index is 691. The number of rotatable bonds is 6. The normalized spacial score (nSPS) is 27.8. The smallest absolute Gasteiger partial charge is 0.339 e. The number of hydrogen-bond donors (Lipinski definition) is 0. The molecule has 162 valence electrons. The Balaban J connectivity index is 1.53. The highest BCUT2D eigenvalue weighted by Crippen LogP contribution is 2.36. The highest BCUT2D eigenvalue weighted by atomic mass is 19.3. The molecule has 2 aliphatic rings. The van der Waals surface area contributed by atoms with Gasteiger partial charge >= 0.3 is 5.97 Å². The van der Waals surface area contributed by atoms with Gasteiger partial charge in [0.25, 0.3) is 6.43 Å². The van der Waals surface area contributed by atoms with Crippen molar-refractivity contribution < 1.29 is 27.4 Å². The van der Waals surface area contributed by atoms with E-state index in [9.17, 15) is 18.0 Å². The lowest BCUT2D eigenvalue weighted by atomic mass is 9.80. The van der Waals surface area contributed by atoms with Gasteiger partial charge in [-0.1, -0.05) is 19.4 Å². The first kappa shape index (κ1) is 22.1. The molecule has 0 radical (unpaired) electrons. The van der Waals surface area contributed by atoms with E-state index in [1.807, 2.05) is 0 Å². The van der Waals surface area contributed by atoms with Gasteiger partial charge in [0.1, 0.15) is 11.9 Å². The van der Waals surface area contributed by atoms with E-state index in [0.29, 0.717) is 24.7 Å². The van der Waals surface area contributed by atoms with Crippen LogP contribution in [-0.2, 0) is 9.47 Å². The van der Waals surface area contributed by atoms with Gasteiger partial charge in [0.15, 0.2) is 0 Å². The van der Waals surface area contributed by atoms with E-state index in [4.69, 9.17) is 9.47 Å². The first-order valence-electron chi connectivity index (χ1n) is 10.8. The summed E-state index contributed by atoms with van der Waals surface area (Å²) in [5.41, 5.74) is -1.14. The first-order valence-corrected chi connectivity index (χ1v) is 10.8. The minimum Gasteiger partial charge on any atom is -0.459 e. The van der Waals surface area contributed by atoms with Crippen molar-refractivity contribution in [1.82, 2.24) is 0 Å². The third kappa shape index (κ3) is 5.33.